The van der Waals surface area contributed by atoms with Gasteiger partial charge in [-0.05, 0) is 25.3 Å². The van der Waals surface area contributed by atoms with Crippen LogP contribution in [0.25, 0.3) is 0 Å². The molecule has 102 valence electrons. The van der Waals surface area contributed by atoms with Crippen LogP contribution in [0.1, 0.15) is 27.7 Å². The molecule has 2 heterocycles. The number of carbonyl (C=O) groups is 1. The normalized spacial score (nSPS) is 41.2. The van der Waals surface area contributed by atoms with Crippen LogP contribution < -0.4 is 0 Å². The fraction of sp³-hybridized carbons (Fsp3) is 0.786. The Morgan fingerprint density at radius 3 is 2.72 bits per heavy atom. The van der Waals surface area contributed by atoms with Crippen LogP contribution in [0.4, 0.5) is 0 Å². The SMILES string of the molecule is C=C(C(C)=O)C(C)C1OCC2C(C)COC2(C)O1. The van der Waals surface area contributed by atoms with E-state index in [4.69, 9.17) is 14.2 Å². The highest BCUT2D eigenvalue weighted by molar-refractivity contribution is 5.93. The Morgan fingerprint density at radius 2 is 2.11 bits per heavy atom. The Labute approximate surface area is 108 Å². The van der Waals surface area contributed by atoms with E-state index < -0.39 is 12.1 Å². The first-order valence-electron chi connectivity index (χ1n) is 6.48. The standard InChI is InChI=1S/C14H22O4/c1-8-6-17-14(5)12(8)7-16-13(18-14)10(3)9(2)11(4)15/h8,10,12-13H,2,6-7H2,1,3-5H3. The van der Waals surface area contributed by atoms with Crippen molar-refractivity contribution in [3.8, 4) is 0 Å². The second-order valence-electron chi connectivity index (χ2n) is 5.60. The molecule has 0 aromatic rings. The number of Topliss-reactive ketones (excluding diaryl/α,β-unsaturated/α-hetero) is 1. The van der Waals surface area contributed by atoms with Crippen LogP contribution in [0.5, 0.6) is 0 Å². The van der Waals surface area contributed by atoms with Gasteiger partial charge < -0.3 is 14.2 Å². The van der Waals surface area contributed by atoms with Gasteiger partial charge in [-0.2, -0.15) is 0 Å². The van der Waals surface area contributed by atoms with Gasteiger partial charge >= 0.3 is 0 Å². The lowest BCUT2D eigenvalue weighted by Crippen LogP contribution is -2.50. The number of ether oxygens (including phenoxy) is 3. The van der Waals surface area contributed by atoms with Gasteiger partial charge in [-0.3, -0.25) is 4.79 Å². The van der Waals surface area contributed by atoms with E-state index in [0.717, 1.165) is 0 Å². The summed E-state index contributed by atoms with van der Waals surface area (Å²) in [5, 5.41) is 0. The minimum absolute atomic E-state index is 0.0253. The molecule has 0 bridgehead atoms. The van der Waals surface area contributed by atoms with E-state index in [0.29, 0.717) is 24.7 Å². The first-order valence-corrected chi connectivity index (χ1v) is 6.48. The maximum absolute atomic E-state index is 11.3. The summed E-state index contributed by atoms with van der Waals surface area (Å²) in [5.74, 6) is -0.0792. The highest BCUT2D eigenvalue weighted by Crippen LogP contribution is 2.42. The van der Waals surface area contributed by atoms with Crippen LogP contribution in [-0.4, -0.2) is 31.1 Å². The van der Waals surface area contributed by atoms with Gasteiger partial charge in [-0.1, -0.05) is 20.4 Å². The predicted molar refractivity (Wildman–Crippen MR) is 66.8 cm³/mol. The third kappa shape index (κ3) is 2.25. The van der Waals surface area contributed by atoms with Crippen molar-refractivity contribution in [2.45, 2.75) is 39.8 Å². The molecule has 0 aromatic heterocycles. The third-order valence-electron chi connectivity index (χ3n) is 4.19. The Balaban J connectivity index is 2.07. The van der Waals surface area contributed by atoms with E-state index in [2.05, 4.69) is 13.5 Å². The van der Waals surface area contributed by atoms with Gasteiger partial charge in [0.05, 0.1) is 13.2 Å². The van der Waals surface area contributed by atoms with E-state index >= 15 is 0 Å². The lowest BCUT2D eigenvalue weighted by Gasteiger charge is -2.42. The van der Waals surface area contributed by atoms with E-state index in [1.165, 1.54) is 6.92 Å². The quantitative estimate of drug-likeness (QED) is 0.724. The molecule has 18 heavy (non-hydrogen) atoms. The molecule has 2 aliphatic rings. The average molecular weight is 254 g/mol. The zero-order chi connectivity index (χ0) is 13.5. The first-order chi connectivity index (χ1) is 8.35. The number of rotatable bonds is 3. The predicted octanol–water partition coefficient (Wildman–Crippen LogP) is 2.14. The Hall–Kier alpha value is -0.710. The molecule has 0 aliphatic carbocycles. The maximum Gasteiger partial charge on any atom is 0.174 e. The molecule has 0 amide bonds. The lowest BCUT2D eigenvalue weighted by molar-refractivity contribution is -0.349. The molecule has 4 heteroatoms. The minimum atomic E-state index is -0.590. The topological polar surface area (TPSA) is 44.8 Å². The maximum atomic E-state index is 11.3. The molecule has 4 nitrogen and oxygen atoms in total. The summed E-state index contributed by atoms with van der Waals surface area (Å²) in [6.07, 6.45) is -0.451. The van der Waals surface area contributed by atoms with Gasteiger partial charge in [0.15, 0.2) is 17.9 Å². The third-order valence-corrected chi connectivity index (χ3v) is 4.19. The molecule has 2 aliphatic heterocycles. The van der Waals surface area contributed by atoms with Crippen LogP contribution >= 0.6 is 0 Å². The molecule has 0 N–H and O–H groups in total. The van der Waals surface area contributed by atoms with Gasteiger partial charge in [-0.25, -0.2) is 0 Å². The van der Waals surface area contributed by atoms with Crippen molar-refractivity contribution >= 4 is 5.78 Å². The molecule has 5 atom stereocenters. The summed E-state index contributed by atoms with van der Waals surface area (Å²) >= 11 is 0. The molecule has 2 rings (SSSR count). The van der Waals surface area contributed by atoms with Gasteiger partial charge in [0, 0.05) is 11.8 Å². The molecular formula is C14H22O4. The highest BCUT2D eigenvalue weighted by atomic mass is 16.8. The smallest absolute Gasteiger partial charge is 0.174 e. The van der Waals surface area contributed by atoms with Crippen LogP contribution in [0.15, 0.2) is 12.2 Å². The van der Waals surface area contributed by atoms with Gasteiger partial charge in [0.2, 0.25) is 0 Å². The summed E-state index contributed by atoms with van der Waals surface area (Å²) < 4.78 is 17.4. The van der Waals surface area contributed by atoms with E-state index in [-0.39, 0.29) is 17.6 Å². The number of ketones is 1. The fourth-order valence-corrected chi connectivity index (χ4v) is 2.67. The molecule has 0 aromatic carbocycles. The fourth-order valence-electron chi connectivity index (χ4n) is 2.67. The summed E-state index contributed by atoms with van der Waals surface area (Å²) in [7, 11) is 0. The Morgan fingerprint density at radius 1 is 1.44 bits per heavy atom. The monoisotopic (exact) mass is 254 g/mol. The van der Waals surface area contributed by atoms with Crippen molar-refractivity contribution in [3.63, 3.8) is 0 Å². The van der Waals surface area contributed by atoms with Crippen molar-refractivity contribution in [1.29, 1.82) is 0 Å². The zero-order valence-electron chi connectivity index (χ0n) is 11.6. The lowest BCUT2D eigenvalue weighted by atomic mass is 9.89. The average Bonchev–Trinajstić information content (AvgIpc) is 2.62. The second kappa shape index (κ2) is 4.76. The summed E-state index contributed by atoms with van der Waals surface area (Å²) in [4.78, 5) is 11.3. The van der Waals surface area contributed by atoms with Crippen LogP contribution in [0.2, 0.25) is 0 Å². The molecule has 2 fully saturated rings. The molecule has 0 radical (unpaired) electrons. The van der Waals surface area contributed by atoms with Gasteiger partial charge in [0.25, 0.3) is 0 Å². The van der Waals surface area contributed by atoms with Crippen molar-refractivity contribution in [2.75, 3.05) is 13.2 Å². The van der Waals surface area contributed by atoms with Crippen molar-refractivity contribution in [2.24, 2.45) is 17.8 Å². The van der Waals surface area contributed by atoms with Crippen molar-refractivity contribution in [3.05, 3.63) is 12.2 Å². The number of carbonyl (C=O) groups excluding carboxylic acids is 1. The molecule has 2 saturated heterocycles. The zero-order valence-corrected chi connectivity index (χ0v) is 11.6. The molecular weight excluding hydrogens is 232 g/mol. The number of hydrogen-bond donors (Lipinski definition) is 0. The minimum Gasteiger partial charge on any atom is -0.351 e. The van der Waals surface area contributed by atoms with Crippen LogP contribution in [0.3, 0.4) is 0 Å². The summed E-state index contributed by atoms with van der Waals surface area (Å²) in [5.41, 5.74) is 0.535. The van der Waals surface area contributed by atoms with E-state index in [1.807, 2.05) is 13.8 Å². The summed E-state index contributed by atoms with van der Waals surface area (Å²) in [6, 6.07) is 0. The molecule has 0 saturated carbocycles. The van der Waals surface area contributed by atoms with Crippen LogP contribution in [0, 0.1) is 17.8 Å². The van der Waals surface area contributed by atoms with Crippen molar-refractivity contribution < 1.29 is 19.0 Å². The molecule has 0 spiro atoms. The second-order valence-corrected chi connectivity index (χ2v) is 5.60. The summed E-state index contributed by atoms with van der Waals surface area (Å²) in [6.45, 7) is 12.6. The van der Waals surface area contributed by atoms with Gasteiger partial charge in [-0.15, -0.1) is 0 Å². The van der Waals surface area contributed by atoms with E-state index in [9.17, 15) is 4.79 Å². The Bertz CT molecular complexity index is 365. The van der Waals surface area contributed by atoms with Gasteiger partial charge in [0.1, 0.15) is 0 Å². The Kier molecular flexibility index (Phi) is 3.63. The molecule has 5 unspecified atom stereocenters. The van der Waals surface area contributed by atoms with Crippen LogP contribution in [-0.2, 0) is 19.0 Å². The number of fused-ring (bicyclic) bond motifs is 1. The highest BCUT2D eigenvalue weighted by Gasteiger charge is 2.51. The largest absolute Gasteiger partial charge is 0.351 e. The number of hydrogen-bond acceptors (Lipinski definition) is 4. The first kappa shape index (κ1) is 13.7. The van der Waals surface area contributed by atoms with Crippen molar-refractivity contribution in [1.82, 2.24) is 0 Å². The van der Waals surface area contributed by atoms with E-state index in [1.54, 1.807) is 0 Å².